The van der Waals surface area contributed by atoms with Crippen LogP contribution in [0.2, 0.25) is 5.02 Å². The molecular formula is C11H7ClN4O. The van der Waals surface area contributed by atoms with Crippen LogP contribution in [0, 0.1) is 0 Å². The van der Waals surface area contributed by atoms with Gasteiger partial charge in [0, 0.05) is 16.6 Å². The molecule has 0 unspecified atom stereocenters. The zero-order chi connectivity index (χ0) is 12.0. The lowest BCUT2D eigenvalue weighted by molar-refractivity contribution is 1.19. The van der Waals surface area contributed by atoms with Crippen LogP contribution in [0.4, 0.5) is 5.95 Å². The maximum absolute atomic E-state index is 11.7. The largest absolute Gasteiger partial charge is 0.369 e. The van der Waals surface area contributed by atoms with Crippen molar-refractivity contribution < 1.29 is 0 Å². The first-order valence-electron chi connectivity index (χ1n) is 4.89. The first-order chi connectivity index (χ1) is 8.15. The van der Waals surface area contributed by atoms with Crippen LogP contribution in [-0.4, -0.2) is 15.0 Å². The number of aromatic amines is 1. The van der Waals surface area contributed by atoms with Crippen LogP contribution >= 0.6 is 11.6 Å². The molecular weight excluding hydrogens is 240 g/mol. The molecule has 84 valence electrons. The molecule has 3 N–H and O–H groups in total. The summed E-state index contributed by atoms with van der Waals surface area (Å²) in [5.41, 5.74) is 6.46. The first-order valence-corrected chi connectivity index (χ1v) is 5.27. The van der Waals surface area contributed by atoms with Crippen molar-refractivity contribution in [3.05, 3.63) is 39.8 Å². The van der Waals surface area contributed by atoms with Crippen LogP contribution in [0.1, 0.15) is 0 Å². The molecule has 0 aliphatic heterocycles. The zero-order valence-corrected chi connectivity index (χ0v) is 9.32. The molecule has 2 aromatic heterocycles. The molecule has 3 aromatic rings. The molecule has 0 saturated heterocycles. The second-order valence-electron chi connectivity index (χ2n) is 3.63. The number of nitrogens with zero attached hydrogens (tertiary/aromatic N) is 2. The van der Waals surface area contributed by atoms with Crippen LogP contribution in [0.5, 0.6) is 0 Å². The molecule has 0 saturated carbocycles. The molecule has 0 amide bonds. The van der Waals surface area contributed by atoms with Gasteiger partial charge in [-0.2, -0.15) is 0 Å². The Kier molecular flexibility index (Phi) is 2.02. The van der Waals surface area contributed by atoms with Gasteiger partial charge < -0.3 is 5.73 Å². The zero-order valence-electron chi connectivity index (χ0n) is 8.57. The van der Waals surface area contributed by atoms with Gasteiger partial charge in [-0.3, -0.25) is 14.8 Å². The fourth-order valence-corrected chi connectivity index (χ4v) is 1.94. The van der Waals surface area contributed by atoms with Gasteiger partial charge in [0.05, 0.1) is 16.4 Å². The van der Waals surface area contributed by atoms with Crippen molar-refractivity contribution >= 4 is 39.4 Å². The average molecular weight is 247 g/mol. The summed E-state index contributed by atoms with van der Waals surface area (Å²) in [5, 5.41) is 1.68. The standard InChI is InChI=1S/C11H7ClN4O/c12-5-1-2-8-6(3-5)9-7(4-14-8)10(17)16-11(13)15-9/h1-4H,(H3,13,15,16,17). The predicted octanol–water partition coefficient (Wildman–Crippen LogP) is 1.71. The number of aromatic nitrogens is 3. The number of nitrogens with two attached hydrogens (primary N) is 1. The monoisotopic (exact) mass is 246 g/mol. The number of halogens is 1. The van der Waals surface area contributed by atoms with E-state index in [-0.39, 0.29) is 11.5 Å². The Morgan fingerprint density at radius 2 is 2.12 bits per heavy atom. The van der Waals surface area contributed by atoms with E-state index in [1.54, 1.807) is 18.2 Å². The summed E-state index contributed by atoms with van der Waals surface area (Å²) in [6.07, 6.45) is 1.48. The lowest BCUT2D eigenvalue weighted by Crippen LogP contribution is -2.11. The van der Waals surface area contributed by atoms with Crippen LogP contribution in [0.3, 0.4) is 0 Å². The van der Waals surface area contributed by atoms with Crippen molar-refractivity contribution in [2.24, 2.45) is 0 Å². The van der Waals surface area contributed by atoms with Crippen LogP contribution in [-0.2, 0) is 0 Å². The van der Waals surface area contributed by atoms with Gasteiger partial charge in [0.1, 0.15) is 0 Å². The Bertz CT molecular complexity index is 796. The predicted molar refractivity (Wildman–Crippen MR) is 67.1 cm³/mol. The van der Waals surface area contributed by atoms with E-state index in [1.807, 2.05) is 0 Å². The van der Waals surface area contributed by atoms with Crippen LogP contribution in [0.25, 0.3) is 21.8 Å². The third kappa shape index (κ3) is 1.52. The lowest BCUT2D eigenvalue weighted by Gasteiger charge is -2.03. The number of nitrogen functional groups attached to an aromatic ring is 1. The second-order valence-corrected chi connectivity index (χ2v) is 4.07. The van der Waals surface area contributed by atoms with Gasteiger partial charge in [-0.1, -0.05) is 11.6 Å². The molecule has 0 spiro atoms. The number of H-pyrrole nitrogens is 1. The van der Waals surface area contributed by atoms with E-state index in [2.05, 4.69) is 15.0 Å². The number of pyridine rings is 1. The number of anilines is 1. The van der Waals surface area contributed by atoms with Gasteiger partial charge >= 0.3 is 0 Å². The van der Waals surface area contributed by atoms with Crippen molar-refractivity contribution in [2.45, 2.75) is 0 Å². The third-order valence-corrected chi connectivity index (χ3v) is 2.76. The normalized spacial score (nSPS) is 11.1. The van der Waals surface area contributed by atoms with Crippen molar-refractivity contribution in [3.8, 4) is 0 Å². The molecule has 0 aliphatic rings. The van der Waals surface area contributed by atoms with Gasteiger partial charge in [0.25, 0.3) is 5.56 Å². The molecule has 0 atom stereocenters. The minimum atomic E-state index is -0.304. The Balaban J connectivity index is 2.62. The fraction of sp³-hybridized carbons (Fsp3) is 0. The van der Waals surface area contributed by atoms with E-state index in [9.17, 15) is 4.79 Å². The summed E-state index contributed by atoms with van der Waals surface area (Å²) >= 11 is 5.93. The molecule has 1 aromatic carbocycles. The number of hydrogen-bond acceptors (Lipinski definition) is 4. The quantitative estimate of drug-likeness (QED) is 0.592. The van der Waals surface area contributed by atoms with Crippen molar-refractivity contribution in [2.75, 3.05) is 5.73 Å². The number of nitrogens with one attached hydrogen (secondary N) is 1. The molecule has 0 fully saturated rings. The molecule has 0 radical (unpaired) electrons. The first kappa shape index (κ1) is 10.0. The summed E-state index contributed by atoms with van der Waals surface area (Å²) in [5.74, 6) is 0.0787. The Labute approximate surface area is 100 Å². The molecule has 0 aliphatic carbocycles. The summed E-state index contributed by atoms with van der Waals surface area (Å²) in [6, 6.07) is 5.23. The molecule has 5 nitrogen and oxygen atoms in total. The van der Waals surface area contributed by atoms with Crippen LogP contribution in [0.15, 0.2) is 29.2 Å². The molecule has 0 bridgehead atoms. The number of benzene rings is 1. The van der Waals surface area contributed by atoms with Gasteiger partial charge in [0.15, 0.2) is 0 Å². The Hall–Kier alpha value is -2.14. The maximum atomic E-state index is 11.7. The van der Waals surface area contributed by atoms with Gasteiger partial charge in [-0.05, 0) is 18.2 Å². The molecule has 3 rings (SSSR count). The van der Waals surface area contributed by atoms with Gasteiger partial charge in [0.2, 0.25) is 5.95 Å². The van der Waals surface area contributed by atoms with E-state index in [0.717, 1.165) is 5.52 Å². The van der Waals surface area contributed by atoms with Crippen LogP contribution < -0.4 is 11.3 Å². The fourth-order valence-electron chi connectivity index (χ4n) is 1.77. The number of rotatable bonds is 0. The average Bonchev–Trinajstić information content (AvgIpc) is 2.28. The van der Waals surface area contributed by atoms with Crippen molar-refractivity contribution in [3.63, 3.8) is 0 Å². The van der Waals surface area contributed by atoms with E-state index in [1.165, 1.54) is 6.20 Å². The number of hydrogen-bond donors (Lipinski definition) is 2. The highest BCUT2D eigenvalue weighted by Crippen LogP contribution is 2.23. The minimum Gasteiger partial charge on any atom is -0.369 e. The minimum absolute atomic E-state index is 0.0787. The lowest BCUT2D eigenvalue weighted by atomic mass is 10.1. The van der Waals surface area contributed by atoms with Gasteiger partial charge in [-0.15, -0.1) is 0 Å². The Morgan fingerprint density at radius 1 is 1.29 bits per heavy atom. The Morgan fingerprint density at radius 3 is 2.94 bits per heavy atom. The molecule has 6 heteroatoms. The van der Waals surface area contributed by atoms with Gasteiger partial charge in [-0.25, -0.2) is 4.98 Å². The highest BCUT2D eigenvalue weighted by Gasteiger charge is 2.07. The van der Waals surface area contributed by atoms with Crippen molar-refractivity contribution in [1.29, 1.82) is 0 Å². The second kappa shape index (κ2) is 3.43. The smallest absolute Gasteiger partial charge is 0.261 e. The summed E-state index contributed by atoms with van der Waals surface area (Å²) < 4.78 is 0. The molecule has 2 heterocycles. The number of fused-ring (bicyclic) bond motifs is 3. The third-order valence-electron chi connectivity index (χ3n) is 2.52. The van der Waals surface area contributed by atoms with Crippen molar-refractivity contribution in [1.82, 2.24) is 15.0 Å². The summed E-state index contributed by atoms with van der Waals surface area (Å²) in [6.45, 7) is 0. The topological polar surface area (TPSA) is 84.7 Å². The highest BCUT2D eigenvalue weighted by atomic mass is 35.5. The van der Waals surface area contributed by atoms with E-state index in [4.69, 9.17) is 17.3 Å². The summed E-state index contributed by atoms with van der Waals surface area (Å²) in [4.78, 5) is 22.4. The summed E-state index contributed by atoms with van der Waals surface area (Å²) in [7, 11) is 0. The van der Waals surface area contributed by atoms with E-state index < -0.39 is 0 Å². The molecule has 17 heavy (non-hydrogen) atoms. The van der Waals surface area contributed by atoms with E-state index >= 15 is 0 Å². The highest BCUT2D eigenvalue weighted by molar-refractivity contribution is 6.31. The maximum Gasteiger partial charge on any atom is 0.261 e. The SMILES string of the molecule is Nc1nc2c(cnc3ccc(Cl)cc32)c(=O)[nH]1. The van der Waals surface area contributed by atoms with E-state index in [0.29, 0.717) is 21.3 Å².